The van der Waals surface area contributed by atoms with Gasteiger partial charge in [0.15, 0.2) is 5.13 Å². The highest BCUT2D eigenvalue weighted by molar-refractivity contribution is 7.22. The van der Waals surface area contributed by atoms with E-state index in [4.69, 9.17) is 16.6 Å². The quantitative estimate of drug-likeness (QED) is 0.632. The first-order valence-electron chi connectivity index (χ1n) is 8.45. The van der Waals surface area contributed by atoms with Crippen molar-refractivity contribution in [1.29, 1.82) is 0 Å². The summed E-state index contributed by atoms with van der Waals surface area (Å²) in [7, 11) is 3.99. The second-order valence-electron chi connectivity index (χ2n) is 6.67. The van der Waals surface area contributed by atoms with Crippen LogP contribution in [0.25, 0.3) is 10.2 Å². The number of benzene rings is 2. The number of hydrogen-bond donors (Lipinski definition) is 0. The third-order valence-corrected chi connectivity index (χ3v) is 5.62. The van der Waals surface area contributed by atoms with Crippen molar-refractivity contribution in [1.82, 2.24) is 9.88 Å². The average Bonchev–Trinajstić information content (AvgIpc) is 2.98. The Kier molecular flexibility index (Phi) is 5.61. The summed E-state index contributed by atoms with van der Waals surface area (Å²) in [4.78, 5) is 21.7. The Morgan fingerprint density at radius 2 is 1.73 bits per heavy atom. The molecule has 2 aromatic carbocycles. The summed E-state index contributed by atoms with van der Waals surface area (Å²) < 4.78 is 1.10. The van der Waals surface area contributed by atoms with Crippen molar-refractivity contribution in [2.24, 2.45) is 0 Å². The van der Waals surface area contributed by atoms with Crippen LogP contribution in [0.15, 0.2) is 36.4 Å². The van der Waals surface area contributed by atoms with E-state index in [1.54, 1.807) is 40.5 Å². The van der Waals surface area contributed by atoms with E-state index >= 15 is 0 Å². The summed E-state index contributed by atoms with van der Waals surface area (Å²) >= 11 is 7.51. The lowest BCUT2D eigenvalue weighted by Crippen LogP contribution is -2.36. The number of aromatic nitrogens is 1. The summed E-state index contributed by atoms with van der Waals surface area (Å²) in [5.41, 5.74) is 3.99. The van der Waals surface area contributed by atoms with Crippen LogP contribution in [0.5, 0.6) is 0 Å². The molecule has 3 aromatic rings. The van der Waals surface area contributed by atoms with Gasteiger partial charge < -0.3 is 4.90 Å². The highest BCUT2D eigenvalue weighted by atomic mass is 35.5. The van der Waals surface area contributed by atoms with Gasteiger partial charge in [-0.3, -0.25) is 9.69 Å². The molecule has 0 spiro atoms. The molecule has 1 amide bonds. The molecule has 136 valence electrons. The highest BCUT2D eigenvalue weighted by Gasteiger charge is 2.21. The molecule has 0 N–H and O–H groups in total. The smallest absolute Gasteiger partial charge is 0.260 e. The Morgan fingerprint density at radius 1 is 1.08 bits per heavy atom. The van der Waals surface area contributed by atoms with Crippen molar-refractivity contribution >= 4 is 44.2 Å². The minimum atomic E-state index is -0.0592. The van der Waals surface area contributed by atoms with E-state index in [9.17, 15) is 4.79 Å². The zero-order valence-corrected chi connectivity index (χ0v) is 17.0. The van der Waals surface area contributed by atoms with Gasteiger partial charge in [0.25, 0.3) is 5.91 Å². The number of halogens is 1. The molecule has 0 aliphatic carbocycles. The Morgan fingerprint density at radius 3 is 2.38 bits per heavy atom. The van der Waals surface area contributed by atoms with E-state index in [0.717, 1.165) is 21.9 Å². The minimum absolute atomic E-state index is 0.0592. The van der Waals surface area contributed by atoms with Gasteiger partial charge >= 0.3 is 0 Å². The zero-order valence-electron chi connectivity index (χ0n) is 15.4. The molecule has 3 rings (SSSR count). The molecule has 0 aliphatic rings. The van der Waals surface area contributed by atoms with Gasteiger partial charge in [0.05, 0.1) is 10.2 Å². The second-order valence-corrected chi connectivity index (χ2v) is 8.11. The maximum Gasteiger partial charge on any atom is 0.260 e. The molecule has 4 nitrogen and oxygen atoms in total. The van der Waals surface area contributed by atoms with Crippen molar-refractivity contribution in [3.63, 3.8) is 0 Å². The molecule has 1 aromatic heterocycles. The van der Waals surface area contributed by atoms with Gasteiger partial charge in [-0.25, -0.2) is 4.98 Å². The largest absolute Gasteiger partial charge is 0.308 e. The molecular formula is C20H22ClN3OS. The van der Waals surface area contributed by atoms with Crippen LogP contribution < -0.4 is 4.90 Å². The first-order chi connectivity index (χ1) is 12.3. The zero-order chi connectivity index (χ0) is 18.8. The minimum Gasteiger partial charge on any atom is -0.308 e. The highest BCUT2D eigenvalue weighted by Crippen LogP contribution is 2.31. The monoisotopic (exact) mass is 387 g/mol. The molecule has 0 saturated heterocycles. The lowest BCUT2D eigenvalue weighted by Gasteiger charge is -2.22. The van der Waals surface area contributed by atoms with Gasteiger partial charge in [-0.2, -0.15) is 0 Å². The SMILES string of the molecule is Cc1cc2nc(N(CCN(C)C)C(=O)c3ccc(Cl)cc3)sc2cc1C. The number of carbonyl (C=O) groups is 1. The first-order valence-corrected chi connectivity index (χ1v) is 9.64. The molecule has 0 unspecified atom stereocenters. The lowest BCUT2D eigenvalue weighted by molar-refractivity contribution is 0.0985. The first kappa shape index (κ1) is 18.8. The van der Waals surface area contributed by atoms with Crippen molar-refractivity contribution in [3.05, 3.63) is 58.1 Å². The van der Waals surface area contributed by atoms with Crippen molar-refractivity contribution in [3.8, 4) is 0 Å². The predicted molar refractivity (Wildman–Crippen MR) is 111 cm³/mol. The Bertz CT molecular complexity index is 895. The maximum atomic E-state index is 13.1. The molecule has 0 radical (unpaired) electrons. The van der Waals surface area contributed by atoms with Crippen molar-refractivity contribution < 1.29 is 4.79 Å². The van der Waals surface area contributed by atoms with Crippen molar-refractivity contribution in [2.45, 2.75) is 13.8 Å². The number of anilines is 1. The molecular weight excluding hydrogens is 366 g/mol. The third kappa shape index (κ3) is 4.06. The van der Waals surface area contributed by atoms with E-state index in [1.165, 1.54) is 11.1 Å². The summed E-state index contributed by atoms with van der Waals surface area (Å²) in [6.07, 6.45) is 0. The van der Waals surface area contributed by atoms with Gasteiger partial charge in [-0.1, -0.05) is 22.9 Å². The number of rotatable bonds is 5. The van der Waals surface area contributed by atoms with Crippen LogP contribution >= 0.6 is 22.9 Å². The van der Waals surface area contributed by atoms with E-state index in [0.29, 0.717) is 17.1 Å². The van der Waals surface area contributed by atoms with E-state index in [1.807, 2.05) is 14.1 Å². The molecule has 0 aliphatic heterocycles. The van der Waals surface area contributed by atoms with E-state index in [-0.39, 0.29) is 5.91 Å². The Labute approximate surface area is 163 Å². The molecule has 26 heavy (non-hydrogen) atoms. The normalized spacial score (nSPS) is 11.3. The lowest BCUT2D eigenvalue weighted by atomic mass is 10.1. The van der Waals surface area contributed by atoms with Crippen LogP contribution in [-0.2, 0) is 0 Å². The van der Waals surface area contributed by atoms with Crippen LogP contribution in [0.2, 0.25) is 5.02 Å². The number of amides is 1. The van der Waals surface area contributed by atoms with Gasteiger partial charge in [-0.05, 0) is 75.5 Å². The molecule has 0 bridgehead atoms. The van der Waals surface area contributed by atoms with Crippen molar-refractivity contribution in [2.75, 3.05) is 32.1 Å². The second kappa shape index (κ2) is 7.74. The number of likely N-dealkylation sites (N-methyl/N-ethyl adjacent to an activating group) is 1. The topological polar surface area (TPSA) is 36.4 Å². The van der Waals surface area contributed by atoms with Gasteiger partial charge in [0, 0.05) is 23.7 Å². The Balaban J connectivity index is 2.00. The molecule has 0 atom stereocenters. The maximum absolute atomic E-state index is 13.1. The van der Waals surface area contributed by atoms with Crippen LogP contribution in [0.4, 0.5) is 5.13 Å². The van der Waals surface area contributed by atoms with E-state index in [2.05, 4.69) is 30.9 Å². The third-order valence-electron chi connectivity index (χ3n) is 4.33. The summed E-state index contributed by atoms with van der Waals surface area (Å²) in [6, 6.07) is 11.2. The molecule has 6 heteroatoms. The van der Waals surface area contributed by atoms with Crippen LogP contribution in [0.3, 0.4) is 0 Å². The number of thiazole rings is 1. The van der Waals surface area contributed by atoms with Gasteiger partial charge in [-0.15, -0.1) is 0 Å². The molecule has 1 heterocycles. The van der Waals surface area contributed by atoms with Crippen LogP contribution in [0, 0.1) is 13.8 Å². The fraction of sp³-hybridized carbons (Fsp3) is 0.300. The van der Waals surface area contributed by atoms with Crippen LogP contribution in [-0.4, -0.2) is 43.0 Å². The molecule has 0 saturated carbocycles. The number of hydrogen-bond acceptors (Lipinski definition) is 4. The predicted octanol–water partition coefficient (Wildman–Crippen LogP) is 4.77. The average molecular weight is 388 g/mol. The fourth-order valence-electron chi connectivity index (χ4n) is 2.62. The number of carbonyl (C=O) groups excluding carboxylic acids is 1. The summed E-state index contributed by atoms with van der Waals surface area (Å²) in [6.45, 7) is 5.51. The van der Waals surface area contributed by atoms with Gasteiger partial charge in [0.1, 0.15) is 0 Å². The van der Waals surface area contributed by atoms with Gasteiger partial charge in [0.2, 0.25) is 0 Å². The van der Waals surface area contributed by atoms with Crippen LogP contribution in [0.1, 0.15) is 21.5 Å². The number of nitrogens with zero attached hydrogens (tertiary/aromatic N) is 3. The summed E-state index contributed by atoms with van der Waals surface area (Å²) in [5.74, 6) is -0.0592. The molecule has 0 fully saturated rings. The number of fused-ring (bicyclic) bond motifs is 1. The van der Waals surface area contributed by atoms with E-state index < -0.39 is 0 Å². The Hall–Kier alpha value is -1.95. The standard InChI is InChI=1S/C20H22ClN3OS/c1-13-11-17-18(12-14(13)2)26-20(22-17)24(10-9-23(3)4)19(25)15-5-7-16(21)8-6-15/h5-8,11-12H,9-10H2,1-4H3. The number of aryl methyl sites for hydroxylation is 2. The fourth-order valence-corrected chi connectivity index (χ4v) is 3.81. The summed E-state index contributed by atoms with van der Waals surface area (Å²) in [5, 5.41) is 1.35.